The van der Waals surface area contributed by atoms with Crippen molar-refractivity contribution in [2.75, 3.05) is 0 Å². The van der Waals surface area contributed by atoms with Crippen molar-refractivity contribution in [3.63, 3.8) is 0 Å². The van der Waals surface area contributed by atoms with Crippen molar-refractivity contribution >= 4 is 27.8 Å². The molecule has 104 valence electrons. The highest BCUT2D eigenvalue weighted by molar-refractivity contribution is 9.10. The Balaban J connectivity index is 1.89. The number of rotatable bonds is 5. The third-order valence-electron chi connectivity index (χ3n) is 2.50. The van der Waals surface area contributed by atoms with Gasteiger partial charge in [0.1, 0.15) is 6.54 Å². The minimum Gasteiger partial charge on any atom is -0.476 e. The molecule has 2 N–H and O–H groups in total. The molecule has 1 aromatic carbocycles. The number of carboxylic acids is 1. The van der Waals surface area contributed by atoms with E-state index in [-0.39, 0.29) is 18.1 Å². The zero-order valence-electron chi connectivity index (χ0n) is 10.3. The number of nitrogens with one attached hydrogen (secondary N) is 1. The van der Waals surface area contributed by atoms with E-state index in [0.717, 1.165) is 10.0 Å². The van der Waals surface area contributed by atoms with Gasteiger partial charge in [-0.3, -0.25) is 4.79 Å². The van der Waals surface area contributed by atoms with Crippen LogP contribution in [0.1, 0.15) is 16.1 Å². The number of amides is 1. The summed E-state index contributed by atoms with van der Waals surface area (Å²) in [7, 11) is 0. The Kier molecular flexibility index (Phi) is 4.46. The van der Waals surface area contributed by atoms with Crippen LogP contribution in [-0.2, 0) is 17.9 Å². The number of benzene rings is 1. The molecule has 0 radical (unpaired) electrons. The summed E-state index contributed by atoms with van der Waals surface area (Å²) in [4.78, 5) is 22.3. The molecule has 8 heteroatoms. The quantitative estimate of drug-likeness (QED) is 0.849. The predicted molar refractivity (Wildman–Crippen MR) is 73.0 cm³/mol. The van der Waals surface area contributed by atoms with E-state index in [0.29, 0.717) is 6.54 Å². The van der Waals surface area contributed by atoms with Gasteiger partial charge in [-0.15, -0.1) is 5.10 Å². The van der Waals surface area contributed by atoms with Crippen LogP contribution in [0.4, 0.5) is 0 Å². The van der Waals surface area contributed by atoms with E-state index in [9.17, 15) is 9.59 Å². The highest BCUT2D eigenvalue weighted by atomic mass is 79.9. The van der Waals surface area contributed by atoms with Crippen molar-refractivity contribution in [1.82, 2.24) is 20.3 Å². The third-order valence-corrected chi connectivity index (χ3v) is 3.27. The van der Waals surface area contributed by atoms with E-state index in [1.54, 1.807) is 0 Å². The Morgan fingerprint density at radius 2 is 2.10 bits per heavy atom. The van der Waals surface area contributed by atoms with Gasteiger partial charge in [0.15, 0.2) is 5.69 Å². The molecule has 0 saturated carbocycles. The fraction of sp³-hybridized carbons (Fsp3) is 0.167. The first kappa shape index (κ1) is 14.2. The van der Waals surface area contributed by atoms with Crippen molar-refractivity contribution in [3.05, 3.63) is 46.2 Å². The van der Waals surface area contributed by atoms with Crippen LogP contribution >= 0.6 is 15.9 Å². The number of halogens is 1. The lowest BCUT2D eigenvalue weighted by molar-refractivity contribution is -0.122. The molecular weight excluding hydrogens is 328 g/mol. The first-order chi connectivity index (χ1) is 9.56. The predicted octanol–water partition coefficient (Wildman–Crippen LogP) is 1.06. The summed E-state index contributed by atoms with van der Waals surface area (Å²) in [6, 6.07) is 7.54. The van der Waals surface area contributed by atoms with Crippen molar-refractivity contribution in [2.24, 2.45) is 0 Å². The standard InChI is InChI=1S/C12H11BrN4O3/c13-9-4-2-1-3-8(9)5-14-11(18)7-17-6-10(12(19)20)15-16-17/h1-4,6H,5,7H2,(H,14,18)(H,19,20). The molecule has 2 aromatic rings. The molecule has 0 spiro atoms. The van der Waals surface area contributed by atoms with Crippen LogP contribution in [0.25, 0.3) is 0 Å². The molecular formula is C12H11BrN4O3. The fourth-order valence-electron chi connectivity index (χ4n) is 1.51. The number of nitrogens with zero attached hydrogens (tertiary/aromatic N) is 3. The van der Waals surface area contributed by atoms with Gasteiger partial charge < -0.3 is 10.4 Å². The number of aromatic nitrogens is 3. The van der Waals surface area contributed by atoms with Crippen LogP contribution in [0.15, 0.2) is 34.9 Å². The summed E-state index contributed by atoms with van der Waals surface area (Å²) in [5.41, 5.74) is 0.759. The minimum absolute atomic E-state index is 0.0786. The number of carbonyl (C=O) groups is 2. The molecule has 1 amide bonds. The lowest BCUT2D eigenvalue weighted by Gasteiger charge is -2.06. The minimum atomic E-state index is -1.18. The summed E-state index contributed by atoms with van der Waals surface area (Å²) in [6.07, 6.45) is 1.21. The maximum atomic E-state index is 11.7. The van der Waals surface area contributed by atoms with Gasteiger partial charge in [-0.05, 0) is 11.6 Å². The number of carbonyl (C=O) groups excluding carboxylic acids is 1. The Hall–Kier alpha value is -2.22. The van der Waals surface area contributed by atoms with Crippen molar-refractivity contribution in [1.29, 1.82) is 0 Å². The van der Waals surface area contributed by atoms with Crippen molar-refractivity contribution < 1.29 is 14.7 Å². The largest absolute Gasteiger partial charge is 0.476 e. The summed E-state index contributed by atoms with van der Waals surface area (Å²) in [5.74, 6) is -1.45. The topological polar surface area (TPSA) is 97.1 Å². The van der Waals surface area contributed by atoms with Crippen LogP contribution < -0.4 is 5.32 Å². The van der Waals surface area contributed by atoms with Gasteiger partial charge in [-0.25, -0.2) is 9.48 Å². The van der Waals surface area contributed by atoms with E-state index in [1.807, 2.05) is 24.3 Å². The van der Waals surface area contributed by atoms with Crippen molar-refractivity contribution in [3.8, 4) is 0 Å². The number of aromatic carboxylic acids is 1. The first-order valence-corrected chi connectivity index (χ1v) is 6.49. The summed E-state index contributed by atoms with van der Waals surface area (Å²) in [5, 5.41) is 18.4. The third kappa shape index (κ3) is 3.64. The molecule has 0 aliphatic heterocycles. The van der Waals surface area contributed by atoms with Crippen molar-refractivity contribution in [2.45, 2.75) is 13.1 Å². The molecule has 0 saturated heterocycles. The van der Waals surface area contributed by atoms with E-state index in [1.165, 1.54) is 10.9 Å². The molecule has 0 aliphatic carbocycles. The average Bonchev–Trinajstić information content (AvgIpc) is 2.86. The molecule has 1 aromatic heterocycles. The summed E-state index contributed by atoms with van der Waals surface area (Å²) >= 11 is 3.39. The second-order valence-electron chi connectivity index (χ2n) is 3.97. The van der Waals surface area contributed by atoms with E-state index in [4.69, 9.17) is 5.11 Å². The maximum Gasteiger partial charge on any atom is 0.358 e. The molecule has 7 nitrogen and oxygen atoms in total. The Morgan fingerprint density at radius 1 is 1.35 bits per heavy atom. The fourth-order valence-corrected chi connectivity index (χ4v) is 1.94. The molecule has 0 atom stereocenters. The second kappa shape index (κ2) is 6.29. The van der Waals surface area contributed by atoms with Gasteiger partial charge >= 0.3 is 5.97 Å². The zero-order valence-corrected chi connectivity index (χ0v) is 11.9. The summed E-state index contributed by atoms with van der Waals surface area (Å²) < 4.78 is 2.09. The molecule has 20 heavy (non-hydrogen) atoms. The second-order valence-corrected chi connectivity index (χ2v) is 4.83. The monoisotopic (exact) mass is 338 g/mol. The molecule has 0 bridgehead atoms. The van der Waals surface area contributed by atoms with Gasteiger partial charge in [0.05, 0.1) is 6.20 Å². The van der Waals surface area contributed by atoms with Crippen LogP contribution in [0, 0.1) is 0 Å². The van der Waals surface area contributed by atoms with Gasteiger partial charge in [0, 0.05) is 11.0 Å². The smallest absolute Gasteiger partial charge is 0.358 e. The van der Waals surface area contributed by atoms with E-state index in [2.05, 4.69) is 31.6 Å². The van der Waals surface area contributed by atoms with E-state index < -0.39 is 5.97 Å². The molecule has 1 heterocycles. The lowest BCUT2D eigenvalue weighted by atomic mass is 10.2. The Morgan fingerprint density at radius 3 is 2.75 bits per heavy atom. The first-order valence-electron chi connectivity index (χ1n) is 5.70. The van der Waals surface area contributed by atoms with Crippen LogP contribution in [-0.4, -0.2) is 32.0 Å². The Labute approximate surface area is 122 Å². The molecule has 0 aliphatic rings. The lowest BCUT2D eigenvalue weighted by Crippen LogP contribution is -2.27. The zero-order chi connectivity index (χ0) is 14.5. The molecule has 0 unspecified atom stereocenters. The molecule has 0 fully saturated rings. The summed E-state index contributed by atoms with van der Waals surface area (Å²) in [6.45, 7) is 0.297. The van der Waals surface area contributed by atoms with Gasteiger partial charge in [0.25, 0.3) is 0 Å². The van der Waals surface area contributed by atoms with Crippen LogP contribution in [0.3, 0.4) is 0 Å². The Bertz CT molecular complexity index is 641. The maximum absolute atomic E-state index is 11.7. The SMILES string of the molecule is O=C(Cn1cc(C(=O)O)nn1)NCc1ccccc1Br. The normalized spacial score (nSPS) is 10.2. The number of hydrogen-bond acceptors (Lipinski definition) is 4. The molecule has 2 rings (SSSR count). The highest BCUT2D eigenvalue weighted by Gasteiger charge is 2.10. The van der Waals surface area contributed by atoms with E-state index >= 15 is 0 Å². The number of hydrogen-bond donors (Lipinski definition) is 2. The average molecular weight is 339 g/mol. The van der Waals surface area contributed by atoms with Crippen LogP contribution in [0.5, 0.6) is 0 Å². The van der Waals surface area contributed by atoms with Gasteiger partial charge in [0.2, 0.25) is 5.91 Å². The highest BCUT2D eigenvalue weighted by Crippen LogP contribution is 2.15. The van der Waals surface area contributed by atoms with Gasteiger partial charge in [-0.1, -0.05) is 39.3 Å². The van der Waals surface area contributed by atoms with Gasteiger partial charge in [-0.2, -0.15) is 0 Å². The number of carboxylic acid groups (broad SMARTS) is 1. The van der Waals surface area contributed by atoms with Crippen LogP contribution in [0.2, 0.25) is 0 Å².